The van der Waals surface area contributed by atoms with Crippen molar-refractivity contribution in [3.8, 4) is 0 Å². The summed E-state index contributed by atoms with van der Waals surface area (Å²) in [5, 5.41) is 0. The quantitative estimate of drug-likeness (QED) is 0.234. The maximum atomic E-state index is 14.6. The van der Waals surface area contributed by atoms with E-state index in [4.69, 9.17) is 0 Å². The molecular formula is C26H22F4. The summed E-state index contributed by atoms with van der Waals surface area (Å²) in [5.41, 5.74) is 3.64. The molecule has 0 aliphatic carbocycles. The molecule has 0 fully saturated rings. The predicted octanol–water partition coefficient (Wildman–Crippen LogP) is 7.82. The zero-order valence-corrected chi connectivity index (χ0v) is 17.3. The number of rotatable bonds is 4. The number of aryl methyl sites for hydroxylation is 4. The van der Waals surface area contributed by atoms with E-state index in [-0.39, 0.29) is 0 Å². The summed E-state index contributed by atoms with van der Waals surface area (Å²) in [6.07, 6.45) is 5.04. The van der Waals surface area contributed by atoms with Crippen molar-refractivity contribution in [2.75, 3.05) is 0 Å². The van der Waals surface area contributed by atoms with Crippen LogP contribution in [0.2, 0.25) is 0 Å². The number of halogens is 4. The molecule has 0 unspecified atom stereocenters. The molecule has 0 nitrogen and oxygen atoms in total. The number of hydrogen-bond donors (Lipinski definition) is 0. The van der Waals surface area contributed by atoms with E-state index in [2.05, 4.69) is 0 Å². The van der Waals surface area contributed by atoms with Crippen LogP contribution in [0.15, 0.2) is 36.4 Å². The minimum atomic E-state index is -1.42. The van der Waals surface area contributed by atoms with Crippen LogP contribution in [0, 0.1) is 51.0 Å². The topological polar surface area (TPSA) is 0 Å². The van der Waals surface area contributed by atoms with Gasteiger partial charge in [-0.2, -0.15) is 0 Å². The second kappa shape index (κ2) is 8.70. The third-order valence-corrected chi connectivity index (χ3v) is 5.06. The average Bonchev–Trinajstić information content (AvgIpc) is 2.71. The Labute approximate surface area is 174 Å². The Morgan fingerprint density at radius 2 is 0.833 bits per heavy atom. The van der Waals surface area contributed by atoms with E-state index in [9.17, 15) is 17.6 Å². The van der Waals surface area contributed by atoms with Crippen LogP contribution in [0.5, 0.6) is 0 Å². The summed E-state index contributed by atoms with van der Waals surface area (Å²) in [7, 11) is 0. The van der Waals surface area contributed by atoms with Gasteiger partial charge in [0.2, 0.25) is 0 Å². The predicted molar refractivity (Wildman–Crippen MR) is 116 cm³/mol. The highest BCUT2D eigenvalue weighted by atomic mass is 19.2. The van der Waals surface area contributed by atoms with Gasteiger partial charge < -0.3 is 0 Å². The summed E-state index contributed by atoms with van der Waals surface area (Å²) >= 11 is 0. The van der Waals surface area contributed by atoms with Crippen LogP contribution in [0.25, 0.3) is 24.3 Å². The van der Waals surface area contributed by atoms with Crippen molar-refractivity contribution in [3.63, 3.8) is 0 Å². The first kappa shape index (κ1) is 21.6. The van der Waals surface area contributed by atoms with Crippen LogP contribution in [0.4, 0.5) is 17.6 Å². The molecule has 154 valence electrons. The maximum absolute atomic E-state index is 14.6. The summed E-state index contributed by atoms with van der Waals surface area (Å²) in [6.45, 7) is 7.45. The first-order valence-corrected chi connectivity index (χ1v) is 9.55. The molecule has 0 spiro atoms. The molecule has 3 rings (SSSR count). The van der Waals surface area contributed by atoms with E-state index < -0.39 is 34.4 Å². The van der Waals surface area contributed by atoms with Gasteiger partial charge in [0.05, 0.1) is 11.1 Å². The molecule has 30 heavy (non-hydrogen) atoms. The summed E-state index contributed by atoms with van der Waals surface area (Å²) < 4.78 is 58.4. The van der Waals surface area contributed by atoms with Crippen molar-refractivity contribution in [3.05, 3.63) is 104 Å². The van der Waals surface area contributed by atoms with Crippen molar-refractivity contribution in [1.82, 2.24) is 0 Å². The molecule has 4 heteroatoms. The van der Waals surface area contributed by atoms with Gasteiger partial charge in [-0.05, 0) is 62.1 Å². The van der Waals surface area contributed by atoms with Crippen molar-refractivity contribution in [2.24, 2.45) is 0 Å². The van der Waals surface area contributed by atoms with Crippen LogP contribution in [0.3, 0.4) is 0 Å². The van der Waals surface area contributed by atoms with Gasteiger partial charge in [0.1, 0.15) is 0 Å². The molecule has 0 aromatic heterocycles. The number of hydrogen-bond acceptors (Lipinski definition) is 0. The lowest BCUT2D eigenvalue weighted by Gasteiger charge is -2.08. The fraction of sp³-hybridized carbons (Fsp3) is 0.154. The molecule has 3 aromatic carbocycles. The minimum absolute atomic E-state index is 0.716. The maximum Gasteiger partial charge on any atom is 0.169 e. The van der Waals surface area contributed by atoms with E-state index in [0.29, 0.717) is 11.1 Å². The molecule has 0 heterocycles. The summed E-state index contributed by atoms with van der Waals surface area (Å²) in [6, 6.07) is 11.2. The van der Waals surface area contributed by atoms with Crippen LogP contribution >= 0.6 is 0 Å². The molecule has 0 N–H and O–H groups in total. The first-order valence-electron chi connectivity index (χ1n) is 9.55. The Morgan fingerprint density at radius 3 is 1.17 bits per heavy atom. The Hall–Kier alpha value is -3.14. The molecule has 0 atom stereocenters. The van der Waals surface area contributed by atoms with Gasteiger partial charge in [0.25, 0.3) is 0 Å². The second-order valence-corrected chi connectivity index (χ2v) is 7.47. The third-order valence-electron chi connectivity index (χ3n) is 5.06. The Balaban J connectivity index is 2.03. The standard InChI is InChI=1S/C26H22F4/c1-15-5-7-17(3)19(13-15)9-11-21-23(27)25(29)22(26(30)24(21)28)12-10-20-14-16(2)6-8-18(20)4/h5-14H,1-4H3/b11-9+,12-10+. The smallest absolute Gasteiger partial charge is 0.169 e. The highest BCUT2D eigenvalue weighted by molar-refractivity contribution is 5.75. The Morgan fingerprint density at radius 1 is 0.500 bits per heavy atom. The SMILES string of the molecule is Cc1ccc(C)c(/C=C/c2c(F)c(F)c(/C=C/c3cc(C)ccc3C)c(F)c2F)c1. The lowest BCUT2D eigenvalue weighted by Crippen LogP contribution is -2.03. The molecule has 0 aliphatic heterocycles. The first-order chi connectivity index (χ1) is 14.2. The van der Waals surface area contributed by atoms with Gasteiger partial charge >= 0.3 is 0 Å². The highest BCUT2D eigenvalue weighted by Gasteiger charge is 2.22. The average molecular weight is 410 g/mol. The lowest BCUT2D eigenvalue weighted by atomic mass is 10.0. The normalized spacial score (nSPS) is 11.7. The lowest BCUT2D eigenvalue weighted by molar-refractivity contribution is 0.448. The summed E-state index contributed by atoms with van der Waals surface area (Å²) in [4.78, 5) is 0. The van der Waals surface area contributed by atoms with Gasteiger partial charge in [-0.1, -0.05) is 59.7 Å². The zero-order chi connectivity index (χ0) is 22.0. The van der Waals surface area contributed by atoms with Crippen LogP contribution < -0.4 is 0 Å². The fourth-order valence-corrected chi connectivity index (χ4v) is 3.18. The molecular weight excluding hydrogens is 388 g/mol. The largest absolute Gasteiger partial charge is 0.203 e. The van der Waals surface area contributed by atoms with E-state index >= 15 is 0 Å². The van der Waals surface area contributed by atoms with Crippen LogP contribution in [-0.2, 0) is 0 Å². The summed E-state index contributed by atoms with van der Waals surface area (Å²) in [5.74, 6) is -5.68. The highest BCUT2D eigenvalue weighted by Crippen LogP contribution is 2.28. The molecule has 0 saturated heterocycles. The molecule has 0 radical (unpaired) electrons. The minimum Gasteiger partial charge on any atom is -0.203 e. The molecule has 3 aromatic rings. The molecule has 0 bridgehead atoms. The zero-order valence-electron chi connectivity index (χ0n) is 17.3. The fourth-order valence-electron chi connectivity index (χ4n) is 3.18. The van der Waals surface area contributed by atoms with Crippen LogP contribution in [0.1, 0.15) is 44.5 Å². The Kier molecular flexibility index (Phi) is 6.25. The van der Waals surface area contributed by atoms with Gasteiger partial charge in [-0.3, -0.25) is 0 Å². The van der Waals surface area contributed by atoms with Gasteiger partial charge in [0, 0.05) is 0 Å². The van der Waals surface area contributed by atoms with Crippen molar-refractivity contribution in [1.29, 1.82) is 0 Å². The monoisotopic (exact) mass is 410 g/mol. The second-order valence-electron chi connectivity index (χ2n) is 7.47. The Bertz CT molecular complexity index is 1050. The van der Waals surface area contributed by atoms with Crippen LogP contribution in [-0.4, -0.2) is 0 Å². The van der Waals surface area contributed by atoms with E-state index in [1.165, 1.54) is 12.2 Å². The van der Waals surface area contributed by atoms with Crippen molar-refractivity contribution in [2.45, 2.75) is 27.7 Å². The van der Waals surface area contributed by atoms with E-state index in [1.807, 2.05) is 64.1 Å². The van der Waals surface area contributed by atoms with Gasteiger partial charge in [-0.25, -0.2) is 17.6 Å². The number of benzene rings is 3. The van der Waals surface area contributed by atoms with Crippen molar-refractivity contribution >= 4 is 24.3 Å². The van der Waals surface area contributed by atoms with Gasteiger partial charge in [-0.15, -0.1) is 0 Å². The van der Waals surface area contributed by atoms with Gasteiger partial charge in [0.15, 0.2) is 23.3 Å². The molecule has 0 saturated carbocycles. The van der Waals surface area contributed by atoms with Crippen molar-refractivity contribution < 1.29 is 17.6 Å². The van der Waals surface area contributed by atoms with E-state index in [0.717, 1.165) is 34.4 Å². The molecule has 0 amide bonds. The van der Waals surface area contributed by atoms with E-state index in [1.54, 1.807) is 0 Å². The third kappa shape index (κ3) is 4.38. The molecule has 0 aliphatic rings.